The van der Waals surface area contributed by atoms with E-state index in [9.17, 15) is 9.59 Å². The molecule has 31 heavy (non-hydrogen) atoms. The van der Waals surface area contributed by atoms with Crippen molar-refractivity contribution in [2.24, 2.45) is 0 Å². The fourth-order valence-corrected chi connectivity index (χ4v) is 3.12. The Hall–Kier alpha value is -3.12. The van der Waals surface area contributed by atoms with E-state index in [0.29, 0.717) is 6.54 Å². The summed E-state index contributed by atoms with van der Waals surface area (Å²) in [6.45, 7) is 9.19. The first kappa shape index (κ1) is 24.2. The van der Waals surface area contributed by atoms with Crippen molar-refractivity contribution in [2.45, 2.75) is 39.9 Å². The van der Waals surface area contributed by atoms with Crippen molar-refractivity contribution in [3.05, 3.63) is 71.3 Å². The second-order valence-corrected chi connectivity index (χ2v) is 7.28. The number of carbonyl (C=O) groups is 2. The molecule has 0 aliphatic carbocycles. The van der Waals surface area contributed by atoms with Gasteiger partial charge in [0.25, 0.3) is 0 Å². The number of nitrogens with zero attached hydrogens (tertiary/aromatic N) is 1. The van der Waals surface area contributed by atoms with Gasteiger partial charge in [0.2, 0.25) is 11.8 Å². The van der Waals surface area contributed by atoms with Crippen LogP contribution in [0, 0.1) is 0 Å². The quantitative estimate of drug-likeness (QED) is 0.544. The zero-order chi connectivity index (χ0) is 22.6. The summed E-state index contributed by atoms with van der Waals surface area (Å²) in [6.07, 6.45) is 3.12. The first-order valence-corrected chi connectivity index (χ1v) is 10.7. The lowest BCUT2D eigenvalue weighted by molar-refractivity contribution is -0.126. The van der Waals surface area contributed by atoms with E-state index in [1.54, 1.807) is 20.1 Å². The average Bonchev–Trinajstić information content (AvgIpc) is 2.80. The Morgan fingerprint density at radius 2 is 1.68 bits per heavy atom. The molecule has 0 bridgehead atoms. The number of rotatable bonds is 11. The highest BCUT2D eigenvalue weighted by molar-refractivity contribution is 5.95. The van der Waals surface area contributed by atoms with Crippen LogP contribution in [0.3, 0.4) is 0 Å². The highest BCUT2D eigenvalue weighted by atomic mass is 16.5. The minimum Gasteiger partial charge on any atom is -0.497 e. The summed E-state index contributed by atoms with van der Waals surface area (Å²) in [5.74, 6) is 0.217. The SMILES string of the molecule is CCN(CC)Cc1ccccc1CNC(=O)[C@H](C)NC(=O)/C=C/c1ccc(OC)cc1. The topological polar surface area (TPSA) is 70.7 Å². The molecular formula is C25H33N3O3. The third-order valence-electron chi connectivity index (χ3n) is 5.15. The maximum atomic E-state index is 12.5. The van der Waals surface area contributed by atoms with E-state index >= 15 is 0 Å². The molecule has 0 unspecified atom stereocenters. The normalized spacial score (nSPS) is 12.0. The van der Waals surface area contributed by atoms with Crippen molar-refractivity contribution in [2.75, 3.05) is 20.2 Å². The Morgan fingerprint density at radius 3 is 2.29 bits per heavy atom. The van der Waals surface area contributed by atoms with Crippen molar-refractivity contribution in [1.82, 2.24) is 15.5 Å². The predicted octanol–water partition coefficient (Wildman–Crippen LogP) is 3.37. The molecule has 166 valence electrons. The van der Waals surface area contributed by atoms with Crippen molar-refractivity contribution >= 4 is 17.9 Å². The maximum absolute atomic E-state index is 12.5. The highest BCUT2D eigenvalue weighted by Crippen LogP contribution is 2.13. The van der Waals surface area contributed by atoms with Gasteiger partial charge in [0.05, 0.1) is 7.11 Å². The minimum absolute atomic E-state index is 0.219. The van der Waals surface area contributed by atoms with Crippen molar-refractivity contribution in [3.8, 4) is 5.75 Å². The molecule has 6 nitrogen and oxygen atoms in total. The number of hydrogen-bond donors (Lipinski definition) is 2. The molecule has 6 heteroatoms. The van der Waals surface area contributed by atoms with Crippen LogP contribution in [0.1, 0.15) is 37.5 Å². The summed E-state index contributed by atoms with van der Waals surface area (Å²) in [5, 5.41) is 5.63. The molecule has 0 saturated heterocycles. The van der Waals surface area contributed by atoms with Gasteiger partial charge in [0.15, 0.2) is 0 Å². The first-order chi connectivity index (χ1) is 15.0. The van der Waals surface area contributed by atoms with E-state index in [2.05, 4.69) is 35.4 Å². The van der Waals surface area contributed by atoms with Gasteiger partial charge in [-0.15, -0.1) is 0 Å². The van der Waals surface area contributed by atoms with Gasteiger partial charge in [-0.25, -0.2) is 0 Å². The van der Waals surface area contributed by atoms with Crippen LogP contribution in [0.5, 0.6) is 5.75 Å². The van der Waals surface area contributed by atoms with Crippen LogP contribution in [0.4, 0.5) is 0 Å². The van der Waals surface area contributed by atoms with Gasteiger partial charge in [-0.2, -0.15) is 0 Å². The van der Waals surface area contributed by atoms with E-state index < -0.39 is 6.04 Å². The molecule has 0 radical (unpaired) electrons. The van der Waals surface area contributed by atoms with Crippen LogP contribution < -0.4 is 15.4 Å². The van der Waals surface area contributed by atoms with Crippen LogP contribution in [0.15, 0.2) is 54.6 Å². The Bertz CT molecular complexity index is 874. The number of methoxy groups -OCH3 is 1. The molecular weight excluding hydrogens is 390 g/mol. The van der Waals surface area contributed by atoms with Crippen LogP contribution in [0.2, 0.25) is 0 Å². The lowest BCUT2D eigenvalue weighted by atomic mass is 10.1. The monoisotopic (exact) mass is 423 g/mol. The number of amides is 2. The lowest BCUT2D eigenvalue weighted by Gasteiger charge is -2.20. The van der Waals surface area contributed by atoms with E-state index in [-0.39, 0.29) is 11.8 Å². The summed E-state index contributed by atoms with van der Waals surface area (Å²) in [5.41, 5.74) is 3.16. The lowest BCUT2D eigenvalue weighted by Crippen LogP contribution is -2.44. The van der Waals surface area contributed by atoms with Crippen LogP contribution in [-0.2, 0) is 22.7 Å². The van der Waals surface area contributed by atoms with E-state index in [1.165, 1.54) is 11.6 Å². The average molecular weight is 424 g/mol. The van der Waals surface area contributed by atoms with Crippen molar-refractivity contribution < 1.29 is 14.3 Å². The van der Waals surface area contributed by atoms with Crippen LogP contribution >= 0.6 is 0 Å². The highest BCUT2D eigenvalue weighted by Gasteiger charge is 2.15. The maximum Gasteiger partial charge on any atom is 0.244 e. The zero-order valence-corrected chi connectivity index (χ0v) is 18.9. The number of benzene rings is 2. The van der Waals surface area contributed by atoms with E-state index in [4.69, 9.17) is 4.74 Å². The number of nitrogens with one attached hydrogen (secondary N) is 2. The molecule has 0 spiro atoms. The predicted molar refractivity (Wildman–Crippen MR) is 125 cm³/mol. The Labute approximate surface area is 185 Å². The molecule has 2 aromatic carbocycles. The molecule has 0 aromatic heterocycles. The molecule has 0 saturated carbocycles. The van der Waals surface area contributed by atoms with Crippen molar-refractivity contribution in [1.29, 1.82) is 0 Å². The van der Waals surface area contributed by atoms with Crippen LogP contribution in [0.25, 0.3) is 6.08 Å². The summed E-state index contributed by atoms with van der Waals surface area (Å²) >= 11 is 0. The third-order valence-corrected chi connectivity index (χ3v) is 5.15. The first-order valence-electron chi connectivity index (χ1n) is 10.7. The minimum atomic E-state index is -0.636. The fraction of sp³-hybridized carbons (Fsp3) is 0.360. The number of ether oxygens (including phenoxy) is 1. The molecule has 0 heterocycles. The zero-order valence-electron chi connectivity index (χ0n) is 18.9. The molecule has 2 rings (SSSR count). The van der Waals surface area contributed by atoms with Gasteiger partial charge >= 0.3 is 0 Å². The van der Waals surface area contributed by atoms with Crippen molar-refractivity contribution in [3.63, 3.8) is 0 Å². The molecule has 0 aliphatic heterocycles. The standard InChI is InChI=1S/C25H33N3O3/c1-5-28(6-2)18-22-10-8-7-9-21(22)17-26-25(30)19(3)27-24(29)16-13-20-11-14-23(31-4)15-12-20/h7-16,19H,5-6,17-18H2,1-4H3,(H,26,30)(H,27,29)/b16-13+/t19-/m0/s1. The summed E-state index contributed by atoms with van der Waals surface area (Å²) in [7, 11) is 1.61. The molecule has 0 fully saturated rings. The molecule has 2 N–H and O–H groups in total. The van der Waals surface area contributed by atoms with Gasteiger partial charge in [0, 0.05) is 19.2 Å². The van der Waals surface area contributed by atoms with Gasteiger partial charge in [0.1, 0.15) is 11.8 Å². The van der Waals surface area contributed by atoms with Gasteiger partial charge in [-0.3, -0.25) is 14.5 Å². The van der Waals surface area contributed by atoms with Gasteiger partial charge < -0.3 is 15.4 Å². The Kier molecular flexibility index (Phi) is 9.78. The number of carbonyl (C=O) groups excluding carboxylic acids is 2. The summed E-state index contributed by atoms with van der Waals surface area (Å²) in [4.78, 5) is 27.0. The second kappa shape index (κ2) is 12.5. The molecule has 2 amide bonds. The van der Waals surface area contributed by atoms with E-state index in [0.717, 1.165) is 36.5 Å². The fourth-order valence-electron chi connectivity index (χ4n) is 3.12. The largest absolute Gasteiger partial charge is 0.497 e. The van der Waals surface area contributed by atoms with Gasteiger partial charge in [-0.05, 0) is 54.9 Å². The van der Waals surface area contributed by atoms with Gasteiger partial charge in [-0.1, -0.05) is 50.2 Å². The number of hydrogen-bond acceptors (Lipinski definition) is 4. The summed E-state index contributed by atoms with van der Waals surface area (Å²) in [6, 6.07) is 14.8. The second-order valence-electron chi connectivity index (χ2n) is 7.28. The Morgan fingerprint density at radius 1 is 1.03 bits per heavy atom. The molecule has 1 atom stereocenters. The smallest absolute Gasteiger partial charge is 0.244 e. The summed E-state index contributed by atoms with van der Waals surface area (Å²) < 4.78 is 5.12. The van der Waals surface area contributed by atoms with E-state index in [1.807, 2.05) is 42.5 Å². The Balaban J connectivity index is 1.87. The molecule has 2 aromatic rings. The molecule has 0 aliphatic rings. The van der Waals surface area contributed by atoms with Crippen LogP contribution in [-0.4, -0.2) is 43.0 Å². The third kappa shape index (κ3) is 7.90.